The normalized spacial score (nSPS) is 14.4. The lowest BCUT2D eigenvalue weighted by Crippen LogP contribution is -2.54. The Morgan fingerprint density at radius 1 is 0.886 bits per heavy atom. The molecule has 0 saturated carbocycles. The molecule has 1 N–H and O–H groups in total. The van der Waals surface area contributed by atoms with E-state index in [4.69, 9.17) is 36.9 Å². The van der Waals surface area contributed by atoms with Gasteiger partial charge in [-0.3, -0.25) is 14.9 Å². The van der Waals surface area contributed by atoms with E-state index in [9.17, 15) is 22.8 Å². The van der Waals surface area contributed by atoms with Crippen molar-refractivity contribution in [2.75, 3.05) is 12.0 Å². The van der Waals surface area contributed by atoms with Gasteiger partial charge in [0.1, 0.15) is 22.8 Å². The maximum atomic E-state index is 13.4. The zero-order valence-electron chi connectivity index (χ0n) is 22.8. The summed E-state index contributed by atoms with van der Waals surface area (Å²) in [5.41, 5.74) is 0.981. The van der Waals surface area contributed by atoms with E-state index in [1.54, 1.807) is 12.1 Å². The minimum atomic E-state index is -4.32. The third kappa shape index (κ3) is 6.70. The number of urea groups is 1. The third-order valence-electron chi connectivity index (χ3n) is 6.30. The van der Waals surface area contributed by atoms with E-state index in [-0.39, 0.29) is 38.2 Å². The second-order valence-corrected chi connectivity index (χ2v) is 11.6. The SMILES string of the molecule is COc1cc(/C=C2\C(=O)NC(=O)N(c3ccc(OCc4ccccc4)cc3)C2=O)cc(Cl)c1OS(=O)(=O)c1ccc(Cl)cc1. The molecule has 1 fully saturated rings. The standard InChI is InChI=1S/C31H22Cl2N2O8S/c1-41-27-17-20(16-26(33)28(27)43-44(39,40)24-13-7-21(32)8-14-24)15-25-29(36)34-31(38)35(30(25)37)22-9-11-23(12-10-22)42-18-19-5-3-2-4-6-19/h2-17H,18H2,1H3,(H,34,36,38)/b25-15+. The number of halogens is 2. The number of ether oxygens (including phenoxy) is 2. The van der Waals surface area contributed by atoms with Crippen LogP contribution in [0.5, 0.6) is 17.2 Å². The van der Waals surface area contributed by atoms with Crippen LogP contribution in [0.4, 0.5) is 10.5 Å². The van der Waals surface area contributed by atoms with E-state index in [1.165, 1.54) is 61.7 Å². The molecule has 44 heavy (non-hydrogen) atoms. The number of imide groups is 2. The second kappa shape index (κ2) is 12.8. The number of nitrogens with one attached hydrogen (secondary N) is 1. The Bertz CT molecular complexity index is 1880. The van der Waals surface area contributed by atoms with Crippen molar-refractivity contribution in [1.29, 1.82) is 0 Å². The fourth-order valence-electron chi connectivity index (χ4n) is 4.15. The molecule has 1 saturated heterocycles. The first kappa shape index (κ1) is 30.6. The molecule has 4 aromatic carbocycles. The first-order chi connectivity index (χ1) is 21.1. The van der Waals surface area contributed by atoms with Crippen LogP contribution in [-0.4, -0.2) is 33.4 Å². The number of rotatable bonds is 9. The van der Waals surface area contributed by atoms with Crippen LogP contribution in [0, 0.1) is 0 Å². The smallest absolute Gasteiger partial charge is 0.339 e. The fraction of sp³-hybridized carbons (Fsp3) is 0.0645. The van der Waals surface area contributed by atoms with Gasteiger partial charge < -0.3 is 13.7 Å². The molecule has 10 nitrogen and oxygen atoms in total. The average molecular weight is 653 g/mol. The monoisotopic (exact) mass is 652 g/mol. The summed E-state index contributed by atoms with van der Waals surface area (Å²) >= 11 is 12.2. The number of benzene rings is 4. The molecule has 0 unspecified atom stereocenters. The predicted molar refractivity (Wildman–Crippen MR) is 163 cm³/mol. The lowest BCUT2D eigenvalue weighted by molar-refractivity contribution is -0.122. The summed E-state index contributed by atoms with van der Waals surface area (Å²) in [4.78, 5) is 39.4. The van der Waals surface area contributed by atoms with E-state index in [1.807, 2.05) is 30.3 Å². The zero-order valence-corrected chi connectivity index (χ0v) is 25.2. The highest BCUT2D eigenvalue weighted by Gasteiger charge is 2.37. The van der Waals surface area contributed by atoms with Crippen LogP contribution < -0.4 is 23.9 Å². The van der Waals surface area contributed by atoms with Crippen LogP contribution in [-0.2, 0) is 26.3 Å². The molecule has 4 aromatic rings. The molecule has 0 radical (unpaired) electrons. The summed E-state index contributed by atoms with van der Waals surface area (Å²) in [6, 6.07) is 22.7. The number of barbiturate groups is 1. The quantitative estimate of drug-likeness (QED) is 0.132. The van der Waals surface area contributed by atoms with Crippen LogP contribution in [0.2, 0.25) is 10.0 Å². The number of amides is 4. The Labute approximate surface area is 262 Å². The first-order valence-electron chi connectivity index (χ1n) is 12.8. The van der Waals surface area contributed by atoms with Crippen molar-refractivity contribution in [2.45, 2.75) is 11.5 Å². The molecule has 1 aliphatic heterocycles. The molecular weight excluding hydrogens is 631 g/mol. The highest BCUT2D eigenvalue weighted by Crippen LogP contribution is 2.39. The van der Waals surface area contributed by atoms with Crippen LogP contribution in [0.3, 0.4) is 0 Å². The van der Waals surface area contributed by atoms with Crippen LogP contribution >= 0.6 is 23.2 Å². The van der Waals surface area contributed by atoms with Crippen LogP contribution in [0.1, 0.15) is 11.1 Å². The molecule has 0 atom stereocenters. The van der Waals surface area contributed by atoms with Gasteiger partial charge in [-0.15, -0.1) is 0 Å². The molecule has 0 aromatic heterocycles. The summed E-state index contributed by atoms with van der Waals surface area (Å²) in [5, 5.41) is 2.30. The van der Waals surface area contributed by atoms with E-state index in [0.717, 1.165) is 10.5 Å². The number of hydrogen-bond donors (Lipinski definition) is 1. The highest BCUT2D eigenvalue weighted by atomic mass is 35.5. The molecule has 4 amide bonds. The number of nitrogens with zero attached hydrogens (tertiary/aromatic N) is 1. The van der Waals surface area contributed by atoms with Crippen molar-refractivity contribution in [3.8, 4) is 17.2 Å². The minimum absolute atomic E-state index is 0.0930. The van der Waals surface area contributed by atoms with E-state index >= 15 is 0 Å². The van der Waals surface area contributed by atoms with Crippen LogP contribution in [0.25, 0.3) is 6.08 Å². The average Bonchev–Trinajstić information content (AvgIpc) is 3.00. The molecular formula is C31H22Cl2N2O8S. The van der Waals surface area contributed by atoms with Crippen molar-refractivity contribution in [1.82, 2.24) is 5.32 Å². The molecule has 5 rings (SSSR count). The van der Waals surface area contributed by atoms with Gasteiger partial charge in [0.05, 0.1) is 17.8 Å². The van der Waals surface area contributed by atoms with Crippen molar-refractivity contribution in [3.63, 3.8) is 0 Å². The molecule has 13 heteroatoms. The van der Waals surface area contributed by atoms with Crippen LogP contribution in [0.15, 0.2) is 101 Å². The van der Waals surface area contributed by atoms with Crippen molar-refractivity contribution in [2.24, 2.45) is 0 Å². The number of carbonyl (C=O) groups excluding carboxylic acids is 3. The maximum absolute atomic E-state index is 13.4. The minimum Gasteiger partial charge on any atom is -0.493 e. The van der Waals surface area contributed by atoms with Gasteiger partial charge in [-0.2, -0.15) is 8.42 Å². The lowest BCUT2D eigenvalue weighted by Gasteiger charge is -2.26. The summed E-state index contributed by atoms with van der Waals surface area (Å²) in [6.45, 7) is 0.327. The lowest BCUT2D eigenvalue weighted by atomic mass is 10.1. The van der Waals surface area contributed by atoms with E-state index in [2.05, 4.69) is 5.32 Å². The fourth-order valence-corrected chi connectivity index (χ4v) is 5.54. The Balaban J connectivity index is 1.38. The molecule has 224 valence electrons. The summed E-state index contributed by atoms with van der Waals surface area (Å²) in [5.74, 6) is -1.71. The van der Waals surface area contributed by atoms with Gasteiger partial charge in [0.25, 0.3) is 11.8 Å². The largest absolute Gasteiger partial charge is 0.493 e. The van der Waals surface area contributed by atoms with Crippen molar-refractivity contribution in [3.05, 3.63) is 118 Å². The van der Waals surface area contributed by atoms with Crippen molar-refractivity contribution < 1.29 is 36.5 Å². The highest BCUT2D eigenvalue weighted by molar-refractivity contribution is 7.87. The number of methoxy groups -OCH3 is 1. The summed E-state index contributed by atoms with van der Waals surface area (Å²) in [7, 11) is -3.06. The van der Waals surface area contributed by atoms with Gasteiger partial charge in [0.2, 0.25) is 5.75 Å². The van der Waals surface area contributed by atoms with Gasteiger partial charge in [-0.05, 0) is 77.9 Å². The molecule has 1 aliphatic rings. The van der Waals surface area contributed by atoms with Crippen molar-refractivity contribution >= 4 is 62.9 Å². The third-order valence-corrected chi connectivity index (χ3v) is 8.07. The van der Waals surface area contributed by atoms with Gasteiger partial charge in [-0.1, -0.05) is 53.5 Å². The van der Waals surface area contributed by atoms with E-state index < -0.39 is 28.0 Å². The Hall–Kier alpha value is -4.84. The van der Waals surface area contributed by atoms with E-state index in [0.29, 0.717) is 17.4 Å². The Kier molecular flexibility index (Phi) is 8.91. The molecule has 0 spiro atoms. The summed E-state index contributed by atoms with van der Waals surface area (Å²) in [6.07, 6.45) is 1.19. The van der Waals surface area contributed by atoms with Gasteiger partial charge in [0, 0.05) is 5.02 Å². The number of hydrogen-bond acceptors (Lipinski definition) is 8. The number of anilines is 1. The van der Waals surface area contributed by atoms with Gasteiger partial charge >= 0.3 is 16.1 Å². The Morgan fingerprint density at radius 2 is 1.57 bits per heavy atom. The predicted octanol–water partition coefficient (Wildman–Crippen LogP) is 6.02. The van der Waals surface area contributed by atoms with Gasteiger partial charge in [0.15, 0.2) is 5.75 Å². The number of carbonyl (C=O) groups is 3. The topological polar surface area (TPSA) is 128 Å². The maximum Gasteiger partial charge on any atom is 0.339 e. The second-order valence-electron chi connectivity index (χ2n) is 9.25. The molecule has 0 aliphatic carbocycles. The van der Waals surface area contributed by atoms with Gasteiger partial charge in [-0.25, -0.2) is 9.69 Å². The first-order valence-corrected chi connectivity index (χ1v) is 15.0. The Morgan fingerprint density at radius 3 is 2.23 bits per heavy atom. The zero-order chi connectivity index (χ0) is 31.4. The summed E-state index contributed by atoms with van der Waals surface area (Å²) < 4.78 is 41.9. The molecule has 1 heterocycles. The molecule has 0 bridgehead atoms.